The van der Waals surface area contributed by atoms with Crippen LogP contribution in [0.25, 0.3) is 0 Å². The summed E-state index contributed by atoms with van der Waals surface area (Å²) in [5.74, 6) is -0.508. The summed E-state index contributed by atoms with van der Waals surface area (Å²) >= 11 is 0. The molecule has 2 aliphatic heterocycles. The topological polar surface area (TPSA) is 101 Å². The molecule has 3 heterocycles. The number of alkyl halides is 3. The zero-order valence-electron chi connectivity index (χ0n) is 21.2. The number of nitrogens with one attached hydrogen (secondary N) is 1. The van der Waals surface area contributed by atoms with Crippen LogP contribution in [-0.2, 0) is 27.1 Å². The molecule has 198 valence electrons. The molecular formula is C24H31F3N4O5. The molecule has 0 aliphatic carbocycles. The molecule has 0 saturated carbocycles. The van der Waals surface area contributed by atoms with Crippen molar-refractivity contribution >= 4 is 23.8 Å². The zero-order valence-corrected chi connectivity index (χ0v) is 21.2. The average molecular weight is 513 g/mol. The Bertz CT molecular complexity index is 1070. The van der Waals surface area contributed by atoms with E-state index < -0.39 is 47.5 Å². The van der Waals surface area contributed by atoms with E-state index in [0.717, 1.165) is 17.2 Å². The SMILES string of the molecule is CC(C)(C)OC(=O)N1CC2=C(CN(C(=O)OCc3ncc(C(F)(F)F)cc3NC(=O)C(C)(C)C)C2)C1. The number of hydrogen-bond donors (Lipinski definition) is 1. The second-order valence-corrected chi connectivity index (χ2v) is 10.9. The molecule has 0 bridgehead atoms. The van der Waals surface area contributed by atoms with Crippen molar-refractivity contribution in [1.29, 1.82) is 0 Å². The highest BCUT2D eigenvalue weighted by Gasteiger charge is 2.37. The Balaban J connectivity index is 1.61. The number of aromatic nitrogens is 1. The number of hydrogen-bond acceptors (Lipinski definition) is 6. The third kappa shape index (κ3) is 6.67. The van der Waals surface area contributed by atoms with Crippen molar-refractivity contribution in [3.8, 4) is 0 Å². The minimum Gasteiger partial charge on any atom is -0.444 e. The Morgan fingerprint density at radius 3 is 1.94 bits per heavy atom. The van der Waals surface area contributed by atoms with Gasteiger partial charge in [0.25, 0.3) is 0 Å². The Hall–Kier alpha value is -3.31. The van der Waals surface area contributed by atoms with Crippen molar-refractivity contribution in [1.82, 2.24) is 14.8 Å². The third-order valence-electron chi connectivity index (χ3n) is 5.50. The molecule has 0 aromatic carbocycles. The van der Waals surface area contributed by atoms with Gasteiger partial charge in [0.15, 0.2) is 0 Å². The maximum Gasteiger partial charge on any atom is 0.417 e. The molecule has 0 atom stereocenters. The average Bonchev–Trinajstić information content (AvgIpc) is 3.29. The van der Waals surface area contributed by atoms with Gasteiger partial charge in [-0.25, -0.2) is 9.59 Å². The van der Waals surface area contributed by atoms with E-state index in [-0.39, 0.29) is 24.5 Å². The van der Waals surface area contributed by atoms with Crippen molar-refractivity contribution in [2.75, 3.05) is 31.5 Å². The predicted molar refractivity (Wildman–Crippen MR) is 124 cm³/mol. The van der Waals surface area contributed by atoms with Gasteiger partial charge in [-0.2, -0.15) is 13.2 Å². The van der Waals surface area contributed by atoms with Crippen LogP contribution < -0.4 is 5.32 Å². The van der Waals surface area contributed by atoms with Crippen LogP contribution in [-0.4, -0.2) is 64.7 Å². The maximum atomic E-state index is 13.2. The van der Waals surface area contributed by atoms with Gasteiger partial charge in [-0.3, -0.25) is 9.78 Å². The van der Waals surface area contributed by atoms with E-state index in [1.54, 1.807) is 46.4 Å². The minimum atomic E-state index is -4.65. The first kappa shape index (κ1) is 27.3. The summed E-state index contributed by atoms with van der Waals surface area (Å²) in [6, 6.07) is 0.775. The van der Waals surface area contributed by atoms with E-state index in [9.17, 15) is 27.6 Å². The van der Waals surface area contributed by atoms with Crippen molar-refractivity contribution in [2.45, 2.75) is 59.9 Å². The van der Waals surface area contributed by atoms with Gasteiger partial charge in [0.1, 0.15) is 17.9 Å². The van der Waals surface area contributed by atoms with Crippen molar-refractivity contribution < 1.29 is 37.0 Å². The number of pyridine rings is 1. The highest BCUT2D eigenvalue weighted by atomic mass is 19.4. The van der Waals surface area contributed by atoms with Gasteiger partial charge in [-0.1, -0.05) is 20.8 Å². The fourth-order valence-corrected chi connectivity index (χ4v) is 3.57. The molecule has 0 unspecified atom stereocenters. The lowest BCUT2D eigenvalue weighted by Gasteiger charge is -2.26. The van der Waals surface area contributed by atoms with Crippen molar-refractivity contribution in [3.63, 3.8) is 0 Å². The molecule has 0 spiro atoms. The van der Waals surface area contributed by atoms with E-state index in [4.69, 9.17) is 9.47 Å². The summed E-state index contributed by atoms with van der Waals surface area (Å²) in [6.07, 6.45) is -5.13. The van der Waals surface area contributed by atoms with Crippen LogP contribution >= 0.6 is 0 Å². The molecule has 12 heteroatoms. The summed E-state index contributed by atoms with van der Waals surface area (Å²) in [4.78, 5) is 44.1. The number of carbonyl (C=O) groups excluding carboxylic acids is 3. The lowest BCUT2D eigenvalue weighted by atomic mass is 9.95. The summed E-state index contributed by atoms with van der Waals surface area (Å²) in [7, 11) is 0. The Morgan fingerprint density at radius 1 is 0.944 bits per heavy atom. The van der Waals surface area contributed by atoms with E-state index >= 15 is 0 Å². The molecule has 9 nitrogen and oxygen atoms in total. The number of nitrogens with zero attached hydrogens (tertiary/aromatic N) is 3. The van der Waals surface area contributed by atoms with Crippen LogP contribution in [0, 0.1) is 5.41 Å². The van der Waals surface area contributed by atoms with E-state index in [1.807, 2.05) is 0 Å². The number of carbonyl (C=O) groups is 3. The summed E-state index contributed by atoms with van der Waals surface area (Å²) in [6.45, 7) is 11.0. The standard InChI is InChI=1S/C24H31F3N4O5/c1-22(2,3)19(32)29-17-7-16(24(25,26)27)8-28-18(17)13-35-20(33)30-9-14-11-31(12-15(14)10-30)21(34)36-23(4,5)6/h7-8H,9-13H2,1-6H3,(H,29,32). The fraction of sp³-hybridized carbons (Fsp3) is 0.583. The van der Waals surface area contributed by atoms with Crippen LogP contribution in [0.4, 0.5) is 28.4 Å². The third-order valence-corrected chi connectivity index (χ3v) is 5.50. The smallest absolute Gasteiger partial charge is 0.417 e. The number of ether oxygens (including phenoxy) is 2. The molecule has 0 radical (unpaired) electrons. The minimum absolute atomic E-state index is 0.00949. The molecule has 2 aliphatic rings. The second kappa shape index (κ2) is 9.62. The Morgan fingerprint density at radius 2 is 1.47 bits per heavy atom. The molecule has 1 N–H and O–H groups in total. The molecular weight excluding hydrogens is 481 g/mol. The van der Waals surface area contributed by atoms with Gasteiger partial charge in [0, 0.05) is 37.8 Å². The largest absolute Gasteiger partial charge is 0.444 e. The second-order valence-electron chi connectivity index (χ2n) is 10.9. The number of rotatable bonds is 3. The van der Waals surface area contributed by atoms with Gasteiger partial charge in [0.05, 0.1) is 11.3 Å². The molecule has 1 aromatic rings. The zero-order chi connectivity index (χ0) is 27.1. The summed E-state index contributed by atoms with van der Waals surface area (Å²) < 4.78 is 50.2. The van der Waals surface area contributed by atoms with Crippen LogP contribution in [0.15, 0.2) is 23.4 Å². The number of amides is 3. The molecule has 0 saturated heterocycles. The van der Waals surface area contributed by atoms with Crippen LogP contribution in [0.5, 0.6) is 0 Å². The molecule has 3 rings (SSSR count). The van der Waals surface area contributed by atoms with E-state index in [1.165, 1.54) is 4.90 Å². The monoisotopic (exact) mass is 512 g/mol. The number of halogens is 3. The Kier molecular flexibility index (Phi) is 7.29. The quantitative estimate of drug-likeness (QED) is 0.595. The van der Waals surface area contributed by atoms with Gasteiger partial charge in [-0.15, -0.1) is 0 Å². The van der Waals surface area contributed by atoms with Crippen molar-refractivity contribution in [3.05, 3.63) is 34.7 Å². The maximum absolute atomic E-state index is 13.2. The first-order valence-electron chi connectivity index (χ1n) is 11.4. The highest BCUT2D eigenvalue weighted by Crippen LogP contribution is 2.32. The Labute approximate surface area is 207 Å². The molecule has 1 aromatic heterocycles. The highest BCUT2D eigenvalue weighted by molar-refractivity contribution is 5.95. The first-order valence-corrected chi connectivity index (χ1v) is 11.4. The van der Waals surface area contributed by atoms with Crippen molar-refractivity contribution in [2.24, 2.45) is 5.41 Å². The fourth-order valence-electron chi connectivity index (χ4n) is 3.57. The predicted octanol–water partition coefficient (Wildman–Crippen LogP) is 4.58. The summed E-state index contributed by atoms with van der Waals surface area (Å²) in [5, 5.41) is 2.46. The van der Waals surface area contributed by atoms with Crippen LogP contribution in [0.1, 0.15) is 52.8 Å². The van der Waals surface area contributed by atoms with Crippen LogP contribution in [0.2, 0.25) is 0 Å². The number of anilines is 1. The van der Waals surface area contributed by atoms with E-state index in [0.29, 0.717) is 19.3 Å². The van der Waals surface area contributed by atoms with Crippen LogP contribution in [0.3, 0.4) is 0 Å². The normalized spacial score (nSPS) is 16.2. The van der Waals surface area contributed by atoms with Gasteiger partial charge in [-0.05, 0) is 38.0 Å². The molecule has 36 heavy (non-hydrogen) atoms. The first-order chi connectivity index (χ1) is 16.4. The molecule has 3 amide bonds. The molecule has 0 fully saturated rings. The van der Waals surface area contributed by atoms with E-state index in [2.05, 4.69) is 10.3 Å². The van der Waals surface area contributed by atoms with Gasteiger partial charge < -0.3 is 24.6 Å². The lowest BCUT2D eigenvalue weighted by molar-refractivity contribution is -0.137. The van der Waals surface area contributed by atoms with Gasteiger partial charge in [0.2, 0.25) is 5.91 Å². The van der Waals surface area contributed by atoms with Gasteiger partial charge >= 0.3 is 18.4 Å². The lowest BCUT2D eigenvalue weighted by Crippen LogP contribution is -2.39. The summed E-state index contributed by atoms with van der Waals surface area (Å²) in [5.41, 5.74) is -0.852.